The molecule has 1 fully saturated rings. The van der Waals surface area contributed by atoms with Crippen LogP contribution in [0.2, 0.25) is 0 Å². The van der Waals surface area contributed by atoms with Crippen molar-refractivity contribution < 1.29 is 18.0 Å². The first-order chi connectivity index (χ1) is 13.8. The minimum Gasteiger partial charge on any atom is -0.356 e. The van der Waals surface area contributed by atoms with Crippen LogP contribution in [0.5, 0.6) is 0 Å². The topological polar surface area (TPSA) is 94.7 Å². The van der Waals surface area contributed by atoms with Gasteiger partial charge in [-0.2, -0.15) is 13.2 Å². The third-order valence-corrected chi connectivity index (χ3v) is 4.57. The van der Waals surface area contributed by atoms with E-state index in [1.54, 1.807) is 6.92 Å². The molecule has 3 rings (SSSR count). The van der Waals surface area contributed by atoms with Crippen molar-refractivity contribution in [2.24, 2.45) is 0 Å². The lowest BCUT2D eigenvalue weighted by Gasteiger charge is -2.24. The van der Waals surface area contributed by atoms with Crippen LogP contribution in [0, 0.1) is 6.92 Å². The molecule has 10 heteroatoms. The lowest BCUT2D eigenvalue weighted by Crippen LogP contribution is -2.38. The molecule has 7 nitrogen and oxygen atoms in total. The number of rotatable bonds is 4. The van der Waals surface area contributed by atoms with E-state index in [1.165, 1.54) is 13.2 Å². The zero-order valence-electron chi connectivity index (χ0n) is 17.0. The number of hydrogen-bond donors (Lipinski definition) is 4. The SMILES string of the molecule is CC.CNC(=O)c1[nH]cc(-c2nc(NC3CCCNC3)ncc2C(F)(F)F)c1C. The first-order valence-electron chi connectivity index (χ1n) is 9.63. The van der Waals surface area contributed by atoms with E-state index in [2.05, 4.69) is 30.9 Å². The number of piperidine rings is 1. The molecule has 2 aromatic rings. The second-order valence-electron chi connectivity index (χ2n) is 6.42. The molecule has 0 radical (unpaired) electrons. The highest BCUT2D eigenvalue weighted by Gasteiger charge is 2.36. The van der Waals surface area contributed by atoms with Gasteiger partial charge in [0.05, 0.1) is 5.69 Å². The summed E-state index contributed by atoms with van der Waals surface area (Å²) in [5.74, 6) is -0.276. The molecule has 0 aromatic carbocycles. The van der Waals surface area contributed by atoms with E-state index in [-0.39, 0.29) is 28.9 Å². The van der Waals surface area contributed by atoms with Gasteiger partial charge in [0.1, 0.15) is 11.3 Å². The van der Waals surface area contributed by atoms with E-state index in [1.807, 2.05) is 13.8 Å². The van der Waals surface area contributed by atoms with Crippen LogP contribution < -0.4 is 16.0 Å². The Labute approximate surface area is 167 Å². The van der Waals surface area contributed by atoms with E-state index in [0.29, 0.717) is 12.1 Å². The average Bonchev–Trinajstić information content (AvgIpc) is 3.10. The highest BCUT2D eigenvalue weighted by Crippen LogP contribution is 2.37. The Hall–Kier alpha value is -2.62. The number of aromatic nitrogens is 3. The molecule has 0 spiro atoms. The molecule has 2 aromatic heterocycles. The number of anilines is 1. The summed E-state index contributed by atoms with van der Waals surface area (Å²) in [6.45, 7) is 7.20. The van der Waals surface area contributed by atoms with Gasteiger partial charge in [0.2, 0.25) is 5.95 Å². The van der Waals surface area contributed by atoms with Gasteiger partial charge in [0.15, 0.2) is 0 Å². The summed E-state index contributed by atoms with van der Waals surface area (Å²) in [4.78, 5) is 22.6. The van der Waals surface area contributed by atoms with E-state index < -0.39 is 17.6 Å². The summed E-state index contributed by atoms with van der Waals surface area (Å²) >= 11 is 0. The van der Waals surface area contributed by atoms with Gasteiger partial charge in [-0.15, -0.1) is 0 Å². The highest BCUT2D eigenvalue weighted by molar-refractivity contribution is 5.95. The van der Waals surface area contributed by atoms with E-state index >= 15 is 0 Å². The number of H-pyrrole nitrogens is 1. The molecule has 1 saturated heterocycles. The standard InChI is InChI=1S/C17H21F3N6O.C2H6/c1-9-11(7-23-13(9)15(27)21-2)14-12(17(18,19)20)8-24-16(26-14)25-10-4-3-5-22-6-10;1-2/h7-8,10,22-23H,3-6H2,1-2H3,(H,21,27)(H,24,25,26);1-2H3. The van der Waals surface area contributed by atoms with Crippen molar-refractivity contribution in [1.82, 2.24) is 25.6 Å². The maximum absolute atomic E-state index is 13.5. The number of carbonyl (C=O) groups is 1. The Balaban J connectivity index is 0.00000145. The molecule has 1 unspecified atom stereocenters. The Morgan fingerprint density at radius 2 is 2.03 bits per heavy atom. The van der Waals surface area contributed by atoms with Gasteiger partial charge in [-0.25, -0.2) is 9.97 Å². The van der Waals surface area contributed by atoms with Gasteiger partial charge < -0.3 is 20.9 Å². The normalized spacial score (nSPS) is 16.6. The fraction of sp³-hybridized carbons (Fsp3) is 0.526. The Morgan fingerprint density at radius 1 is 1.31 bits per heavy atom. The summed E-state index contributed by atoms with van der Waals surface area (Å²) < 4.78 is 40.5. The number of amides is 1. The summed E-state index contributed by atoms with van der Waals surface area (Å²) in [5.41, 5.74) is -0.393. The molecule has 1 atom stereocenters. The van der Waals surface area contributed by atoms with E-state index in [9.17, 15) is 18.0 Å². The first kappa shape index (κ1) is 22.7. The summed E-state index contributed by atoms with van der Waals surface area (Å²) in [7, 11) is 1.45. The second-order valence-corrected chi connectivity index (χ2v) is 6.42. The third-order valence-electron chi connectivity index (χ3n) is 4.57. The quantitative estimate of drug-likeness (QED) is 0.618. The Kier molecular flexibility index (Phi) is 7.60. The largest absolute Gasteiger partial charge is 0.419 e. The fourth-order valence-corrected chi connectivity index (χ4v) is 3.12. The molecule has 29 heavy (non-hydrogen) atoms. The smallest absolute Gasteiger partial charge is 0.356 e. The molecule has 160 valence electrons. The molecule has 0 saturated carbocycles. The zero-order chi connectivity index (χ0) is 21.6. The Morgan fingerprint density at radius 3 is 2.62 bits per heavy atom. The maximum atomic E-state index is 13.5. The van der Waals surface area contributed by atoms with Crippen molar-refractivity contribution in [3.63, 3.8) is 0 Å². The van der Waals surface area contributed by atoms with Crippen LogP contribution >= 0.6 is 0 Å². The van der Waals surface area contributed by atoms with Gasteiger partial charge in [-0.3, -0.25) is 4.79 Å². The van der Waals surface area contributed by atoms with Gasteiger partial charge in [0.25, 0.3) is 5.91 Å². The van der Waals surface area contributed by atoms with Crippen molar-refractivity contribution >= 4 is 11.9 Å². The van der Waals surface area contributed by atoms with Crippen LogP contribution in [-0.2, 0) is 6.18 Å². The molecular weight excluding hydrogens is 385 g/mol. The molecular formula is C19H27F3N6O. The van der Waals surface area contributed by atoms with Crippen molar-refractivity contribution in [1.29, 1.82) is 0 Å². The monoisotopic (exact) mass is 412 g/mol. The van der Waals surface area contributed by atoms with Crippen molar-refractivity contribution in [2.45, 2.75) is 45.8 Å². The first-order valence-corrected chi connectivity index (χ1v) is 9.63. The van der Waals surface area contributed by atoms with E-state index in [0.717, 1.165) is 25.6 Å². The van der Waals surface area contributed by atoms with E-state index in [4.69, 9.17) is 0 Å². The van der Waals surface area contributed by atoms with Crippen LogP contribution in [0.15, 0.2) is 12.4 Å². The number of aromatic amines is 1. The average molecular weight is 412 g/mol. The van der Waals surface area contributed by atoms with Crippen LogP contribution in [0.4, 0.5) is 19.1 Å². The minimum absolute atomic E-state index is 0.0529. The molecule has 0 bridgehead atoms. The summed E-state index contributed by atoms with van der Waals surface area (Å²) in [5, 5.41) is 8.76. The van der Waals surface area contributed by atoms with Crippen molar-refractivity contribution in [3.8, 4) is 11.3 Å². The van der Waals surface area contributed by atoms with Gasteiger partial charge >= 0.3 is 6.18 Å². The molecule has 4 N–H and O–H groups in total. The Bertz CT molecular complexity index is 828. The predicted molar refractivity (Wildman–Crippen MR) is 106 cm³/mol. The fourth-order valence-electron chi connectivity index (χ4n) is 3.12. The number of alkyl halides is 3. The molecule has 1 aliphatic heterocycles. The van der Waals surface area contributed by atoms with Crippen LogP contribution in [-0.4, -0.2) is 47.0 Å². The lowest BCUT2D eigenvalue weighted by molar-refractivity contribution is -0.137. The molecule has 3 heterocycles. The number of nitrogens with one attached hydrogen (secondary N) is 4. The number of hydrogen-bond acceptors (Lipinski definition) is 5. The van der Waals surface area contributed by atoms with Crippen LogP contribution in [0.3, 0.4) is 0 Å². The summed E-state index contributed by atoms with van der Waals surface area (Å²) in [6.07, 6.45) is -0.609. The highest BCUT2D eigenvalue weighted by atomic mass is 19.4. The second kappa shape index (κ2) is 9.73. The minimum atomic E-state index is -4.61. The number of nitrogens with zero attached hydrogens (tertiary/aromatic N) is 2. The van der Waals surface area contributed by atoms with Crippen LogP contribution in [0.25, 0.3) is 11.3 Å². The van der Waals surface area contributed by atoms with Crippen LogP contribution in [0.1, 0.15) is 48.3 Å². The van der Waals surface area contributed by atoms with Gasteiger partial charge in [0, 0.05) is 37.6 Å². The van der Waals surface area contributed by atoms with Gasteiger partial charge in [-0.05, 0) is 31.9 Å². The molecule has 0 aliphatic carbocycles. The van der Waals surface area contributed by atoms with Crippen molar-refractivity contribution in [2.75, 3.05) is 25.5 Å². The lowest BCUT2D eigenvalue weighted by atomic mass is 10.0. The van der Waals surface area contributed by atoms with Gasteiger partial charge in [-0.1, -0.05) is 13.8 Å². The predicted octanol–water partition coefficient (Wildman–Crippen LogP) is 3.35. The molecule has 1 aliphatic rings. The number of carbonyl (C=O) groups excluding carboxylic acids is 1. The number of halogens is 3. The third kappa shape index (κ3) is 5.26. The summed E-state index contributed by atoms with van der Waals surface area (Å²) in [6, 6.07) is 0.0529. The zero-order valence-corrected chi connectivity index (χ0v) is 17.0. The molecule has 1 amide bonds. The van der Waals surface area contributed by atoms with Crippen molar-refractivity contribution in [3.05, 3.63) is 29.2 Å². The maximum Gasteiger partial charge on any atom is 0.419 e.